The predicted octanol–water partition coefficient (Wildman–Crippen LogP) is 3.29. The molecular formula is C12H15BrN2O2S. The first-order valence-corrected chi connectivity index (χ1v) is 7.68. The van der Waals surface area contributed by atoms with Crippen LogP contribution in [0.25, 0.3) is 0 Å². The van der Waals surface area contributed by atoms with E-state index >= 15 is 0 Å². The number of thioether (sulfide) groups is 1. The lowest BCUT2D eigenvalue weighted by atomic mass is 10.2. The number of halogens is 1. The number of benzene rings is 1. The van der Waals surface area contributed by atoms with E-state index in [4.69, 9.17) is 0 Å². The number of nitrogens with zero attached hydrogens (tertiary/aromatic N) is 2. The third kappa shape index (κ3) is 3.24. The van der Waals surface area contributed by atoms with E-state index in [0.29, 0.717) is 9.72 Å². The minimum atomic E-state index is -0.345. The van der Waals surface area contributed by atoms with Crippen LogP contribution in [-0.2, 0) is 6.54 Å². The van der Waals surface area contributed by atoms with Crippen LogP contribution in [0, 0.1) is 10.1 Å². The summed E-state index contributed by atoms with van der Waals surface area (Å²) >= 11 is 5.33. The molecule has 1 heterocycles. The first-order chi connectivity index (χ1) is 8.58. The Morgan fingerprint density at radius 3 is 3.06 bits per heavy atom. The van der Waals surface area contributed by atoms with E-state index in [0.717, 1.165) is 31.0 Å². The Morgan fingerprint density at radius 2 is 2.39 bits per heavy atom. The monoisotopic (exact) mass is 330 g/mol. The summed E-state index contributed by atoms with van der Waals surface area (Å²) in [6.45, 7) is 5.08. The van der Waals surface area contributed by atoms with Crippen LogP contribution in [0.3, 0.4) is 0 Å². The van der Waals surface area contributed by atoms with E-state index in [-0.39, 0.29) is 10.6 Å². The molecule has 2 rings (SSSR count). The SMILES string of the molecule is CC1CN(Cc2cccc([N+](=O)[O-])c2Br)CCS1. The molecule has 98 valence electrons. The van der Waals surface area contributed by atoms with Crippen LogP contribution < -0.4 is 0 Å². The molecular weight excluding hydrogens is 316 g/mol. The van der Waals surface area contributed by atoms with E-state index in [2.05, 4.69) is 27.8 Å². The van der Waals surface area contributed by atoms with Crippen molar-refractivity contribution in [2.75, 3.05) is 18.8 Å². The number of nitro groups is 1. The van der Waals surface area contributed by atoms with Gasteiger partial charge < -0.3 is 0 Å². The van der Waals surface area contributed by atoms with Crippen molar-refractivity contribution in [1.82, 2.24) is 4.90 Å². The standard InChI is InChI=1S/C12H15BrN2O2S/c1-9-7-14(5-6-18-9)8-10-3-2-4-11(12(10)13)15(16)17/h2-4,9H,5-8H2,1H3. The topological polar surface area (TPSA) is 46.4 Å². The molecule has 1 unspecified atom stereocenters. The summed E-state index contributed by atoms with van der Waals surface area (Å²) in [4.78, 5) is 12.9. The van der Waals surface area contributed by atoms with Crippen molar-refractivity contribution in [1.29, 1.82) is 0 Å². The number of nitro benzene ring substituents is 1. The molecule has 1 aliphatic rings. The van der Waals surface area contributed by atoms with Gasteiger partial charge in [0.25, 0.3) is 5.69 Å². The number of rotatable bonds is 3. The molecule has 18 heavy (non-hydrogen) atoms. The van der Waals surface area contributed by atoms with Crippen molar-refractivity contribution in [3.8, 4) is 0 Å². The van der Waals surface area contributed by atoms with Gasteiger partial charge in [0.1, 0.15) is 0 Å². The van der Waals surface area contributed by atoms with Gasteiger partial charge >= 0.3 is 0 Å². The lowest BCUT2D eigenvalue weighted by Gasteiger charge is -2.30. The maximum Gasteiger partial charge on any atom is 0.283 e. The molecule has 1 aliphatic heterocycles. The second-order valence-electron chi connectivity index (χ2n) is 4.42. The Labute approximate surface area is 119 Å². The second kappa shape index (κ2) is 6.04. The van der Waals surface area contributed by atoms with Crippen LogP contribution in [-0.4, -0.2) is 33.9 Å². The van der Waals surface area contributed by atoms with Gasteiger partial charge in [-0.2, -0.15) is 11.8 Å². The van der Waals surface area contributed by atoms with Crippen LogP contribution in [0.4, 0.5) is 5.69 Å². The summed E-state index contributed by atoms with van der Waals surface area (Å²) in [5.74, 6) is 1.13. The maximum absolute atomic E-state index is 10.9. The molecule has 1 saturated heterocycles. The van der Waals surface area contributed by atoms with Gasteiger partial charge in [-0.3, -0.25) is 15.0 Å². The highest BCUT2D eigenvalue weighted by atomic mass is 79.9. The fourth-order valence-electron chi connectivity index (χ4n) is 2.10. The van der Waals surface area contributed by atoms with E-state index < -0.39 is 0 Å². The lowest BCUT2D eigenvalue weighted by Crippen LogP contribution is -2.36. The molecule has 1 atom stereocenters. The van der Waals surface area contributed by atoms with Crippen molar-refractivity contribution in [3.05, 3.63) is 38.3 Å². The summed E-state index contributed by atoms with van der Waals surface area (Å²) in [6, 6.07) is 5.23. The molecule has 0 bridgehead atoms. The van der Waals surface area contributed by atoms with E-state index in [1.807, 2.05) is 17.8 Å². The van der Waals surface area contributed by atoms with Gasteiger partial charge in [0.15, 0.2) is 0 Å². The van der Waals surface area contributed by atoms with E-state index in [1.54, 1.807) is 6.07 Å². The molecule has 4 nitrogen and oxygen atoms in total. The summed E-state index contributed by atoms with van der Waals surface area (Å²) < 4.78 is 0.612. The smallest absolute Gasteiger partial charge is 0.283 e. The predicted molar refractivity (Wildman–Crippen MR) is 78.0 cm³/mol. The molecule has 6 heteroatoms. The third-order valence-electron chi connectivity index (χ3n) is 2.97. The van der Waals surface area contributed by atoms with Crippen LogP contribution in [0.5, 0.6) is 0 Å². The molecule has 1 aromatic rings. The van der Waals surface area contributed by atoms with Gasteiger partial charge in [-0.05, 0) is 21.5 Å². The lowest BCUT2D eigenvalue weighted by molar-refractivity contribution is -0.385. The summed E-state index contributed by atoms with van der Waals surface area (Å²) in [5, 5.41) is 11.5. The fourth-order valence-corrected chi connectivity index (χ4v) is 3.72. The molecule has 0 spiro atoms. The zero-order valence-electron chi connectivity index (χ0n) is 10.1. The van der Waals surface area contributed by atoms with Crippen LogP contribution in [0.2, 0.25) is 0 Å². The first kappa shape index (κ1) is 13.8. The zero-order valence-corrected chi connectivity index (χ0v) is 12.5. The Morgan fingerprint density at radius 1 is 1.61 bits per heavy atom. The highest BCUT2D eigenvalue weighted by Crippen LogP contribution is 2.30. The number of hydrogen-bond donors (Lipinski definition) is 0. The fraction of sp³-hybridized carbons (Fsp3) is 0.500. The molecule has 0 amide bonds. The number of hydrogen-bond acceptors (Lipinski definition) is 4. The molecule has 1 aromatic carbocycles. The van der Waals surface area contributed by atoms with Gasteiger partial charge in [-0.15, -0.1) is 0 Å². The van der Waals surface area contributed by atoms with Gasteiger partial charge in [0.05, 0.1) is 9.40 Å². The van der Waals surface area contributed by atoms with Gasteiger partial charge in [0, 0.05) is 36.7 Å². The van der Waals surface area contributed by atoms with Crippen LogP contribution in [0.1, 0.15) is 12.5 Å². The molecule has 0 aromatic heterocycles. The highest BCUT2D eigenvalue weighted by Gasteiger charge is 2.20. The largest absolute Gasteiger partial charge is 0.297 e. The quantitative estimate of drug-likeness (QED) is 0.630. The van der Waals surface area contributed by atoms with Gasteiger partial charge in [-0.25, -0.2) is 0 Å². The molecule has 0 N–H and O–H groups in total. The summed E-state index contributed by atoms with van der Waals surface area (Å²) in [7, 11) is 0. The Hall–Kier alpha value is -0.590. The van der Waals surface area contributed by atoms with E-state index in [9.17, 15) is 10.1 Å². The summed E-state index contributed by atoms with van der Waals surface area (Å²) in [6.07, 6.45) is 0. The zero-order chi connectivity index (χ0) is 13.1. The van der Waals surface area contributed by atoms with Gasteiger partial charge in [0.2, 0.25) is 0 Å². The normalized spacial score (nSPS) is 20.9. The molecule has 0 aliphatic carbocycles. The van der Waals surface area contributed by atoms with E-state index in [1.165, 1.54) is 6.07 Å². The second-order valence-corrected chi connectivity index (χ2v) is 6.76. The minimum absolute atomic E-state index is 0.145. The average Bonchev–Trinajstić information content (AvgIpc) is 2.31. The average molecular weight is 331 g/mol. The van der Waals surface area contributed by atoms with Crippen LogP contribution >= 0.6 is 27.7 Å². The minimum Gasteiger partial charge on any atom is -0.297 e. The summed E-state index contributed by atoms with van der Waals surface area (Å²) in [5.41, 5.74) is 1.13. The maximum atomic E-state index is 10.9. The van der Waals surface area contributed by atoms with Crippen molar-refractivity contribution >= 4 is 33.4 Å². The first-order valence-electron chi connectivity index (χ1n) is 5.83. The van der Waals surface area contributed by atoms with Crippen LogP contribution in [0.15, 0.2) is 22.7 Å². The Kier molecular flexibility index (Phi) is 4.64. The van der Waals surface area contributed by atoms with Crippen molar-refractivity contribution in [3.63, 3.8) is 0 Å². The van der Waals surface area contributed by atoms with Gasteiger partial charge in [-0.1, -0.05) is 19.1 Å². The molecule has 1 fully saturated rings. The Balaban J connectivity index is 2.14. The highest BCUT2D eigenvalue weighted by molar-refractivity contribution is 9.10. The van der Waals surface area contributed by atoms with Crippen molar-refractivity contribution in [2.45, 2.75) is 18.7 Å². The molecule has 0 radical (unpaired) electrons. The molecule has 0 saturated carbocycles. The third-order valence-corrected chi connectivity index (χ3v) is 5.03. The van der Waals surface area contributed by atoms with Crippen molar-refractivity contribution < 1.29 is 4.92 Å². The Bertz CT molecular complexity index is 456. The van der Waals surface area contributed by atoms with Crippen molar-refractivity contribution in [2.24, 2.45) is 0 Å².